The third kappa shape index (κ3) is 5.44. The summed E-state index contributed by atoms with van der Waals surface area (Å²) in [4.78, 5) is 16.7. The number of thioether (sulfide) groups is 1. The molecule has 0 aromatic heterocycles. The van der Waals surface area contributed by atoms with Gasteiger partial charge in [0, 0.05) is 29.0 Å². The first-order valence-corrected chi connectivity index (χ1v) is 7.80. The zero-order valence-corrected chi connectivity index (χ0v) is 14.0. The summed E-state index contributed by atoms with van der Waals surface area (Å²) in [6.45, 7) is 3.87. The third-order valence-corrected chi connectivity index (χ3v) is 4.39. The van der Waals surface area contributed by atoms with Gasteiger partial charge in [0.15, 0.2) is 0 Å². The van der Waals surface area contributed by atoms with Gasteiger partial charge in [-0.1, -0.05) is 41.6 Å². The molecule has 1 atom stereocenters. The summed E-state index contributed by atoms with van der Waals surface area (Å²) in [5.74, 6) is -0.0346. The second kappa shape index (κ2) is 8.74. The molecule has 0 aliphatic heterocycles. The number of amides is 1. The van der Waals surface area contributed by atoms with Gasteiger partial charge < -0.3 is 11.1 Å². The lowest BCUT2D eigenvalue weighted by atomic mass is 10.1. The molecule has 21 heavy (non-hydrogen) atoms. The van der Waals surface area contributed by atoms with E-state index in [-0.39, 0.29) is 11.3 Å². The highest BCUT2D eigenvalue weighted by Gasteiger charge is 2.15. The minimum absolute atomic E-state index is 0.0346. The van der Waals surface area contributed by atoms with E-state index in [1.807, 2.05) is 38.1 Å². The van der Waals surface area contributed by atoms with Crippen LogP contribution < -0.4 is 11.1 Å². The Hall–Kier alpha value is -1.46. The Bertz CT molecular complexity index is 558. The number of carbonyl (C=O) groups is 1. The largest absolute Gasteiger partial charge is 0.390 e. The summed E-state index contributed by atoms with van der Waals surface area (Å²) in [5.41, 5.74) is 7.20. The molecule has 3 N–H and O–H groups in total. The maximum absolute atomic E-state index is 11.6. The molecule has 0 aliphatic rings. The number of nitrogens with zero attached hydrogens (tertiary/aromatic N) is 1. The molecule has 1 aromatic carbocycles. The van der Waals surface area contributed by atoms with Gasteiger partial charge in [-0.2, -0.15) is 0 Å². The molecule has 0 heterocycles. The highest BCUT2D eigenvalue weighted by molar-refractivity contribution is 8.08. The van der Waals surface area contributed by atoms with E-state index < -0.39 is 0 Å². The molecular formula is C15H20ClN3OS. The molecule has 0 bridgehead atoms. The number of nitrogens with one attached hydrogen (secondary N) is 1. The van der Waals surface area contributed by atoms with E-state index >= 15 is 0 Å². The highest BCUT2D eigenvalue weighted by Crippen LogP contribution is 2.38. The molecule has 0 saturated carbocycles. The maximum Gasteiger partial charge on any atom is 0.223 e. The van der Waals surface area contributed by atoms with Crippen LogP contribution in [0.15, 0.2) is 34.8 Å². The van der Waals surface area contributed by atoms with Gasteiger partial charge in [0.05, 0.1) is 11.7 Å². The van der Waals surface area contributed by atoms with Gasteiger partial charge in [-0.3, -0.25) is 9.79 Å². The third-order valence-electron chi connectivity index (χ3n) is 2.80. The number of aliphatic imine (C=N–C) groups is 1. The van der Waals surface area contributed by atoms with Crippen molar-refractivity contribution in [2.24, 2.45) is 10.7 Å². The SMILES string of the molecule is CNC(=O)C/C(C)=C(\SC(C)/N=C/N)c1ccccc1Cl. The average Bonchev–Trinajstić information content (AvgIpc) is 2.45. The second-order valence-corrected chi connectivity index (χ2v) is 6.19. The van der Waals surface area contributed by atoms with Crippen molar-refractivity contribution in [2.75, 3.05) is 7.05 Å². The van der Waals surface area contributed by atoms with Crippen LogP contribution in [0.4, 0.5) is 0 Å². The first kappa shape index (κ1) is 17.6. The highest BCUT2D eigenvalue weighted by atomic mass is 35.5. The molecule has 0 radical (unpaired) electrons. The summed E-state index contributed by atoms with van der Waals surface area (Å²) in [7, 11) is 1.62. The number of nitrogens with two attached hydrogens (primary N) is 1. The fourth-order valence-electron chi connectivity index (χ4n) is 1.77. The molecule has 0 saturated heterocycles. The smallest absolute Gasteiger partial charge is 0.223 e. The summed E-state index contributed by atoms with van der Waals surface area (Å²) in [5, 5.41) is 3.23. The van der Waals surface area contributed by atoms with Crippen LogP contribution in [0.2, 0.25) is 5.02 Å². The number of hydrogen-bond donors (Lipinski definition) is 2. The fourth-order valence-corrected chi connectivity index (χ4v) is 3.11. The monoisotopic (exact) mass is 325 g/mol. The Kier molecular flexibility index (Phi) is 7.32. The van der Waals surface area contributed by atoms with Gasteiger partial charge >= 0.3 is 0 Å². The zero-order chi connectivity index (χ0) is 15.8. The van der Waals surface area contributed by atoms with Crippen LogP contribution in [0, 0.1) is 0 Å². The summed E-state index contributed by atoms with van der Waals surface area (Å²) < 4.78 is 0. The van der Waals surface area contributed by atoms with Crippen molar-refractivity contribution >= 4 is 40.5 Å². The lowest BCUT2D eigenvalue weighted by Crippen LogP contribution is -2.17. The summed E-state index contributed by atoms with van der Waals surface area (Å²) in [6, 6.07) is 7.58. The van der Waals surface area contributed by atoms with Crippen LogP contribution in [0.5, 0.6) is 0 Å². The number of carbonyl (C=O) groups excluding carboxylic acids is 1. The minimum Gasteiger partial charge on any atom is -0.390 e. The molecule has 4 nitrogen and oxygen atoms in total. The number of rotatable bonds is 6. The number of hydrogen-bond acceptors (Lipinski definition) is 3. The molecular weight excluding hydrogens is 306 g/mol. The molecule has 1 aromatic rings. The first-order chi connectivity index (χ1) is 9.99. The molecule has 114 valence electrons. The van der Waals surface area contributed by atoms with Gasteiger partial charge in [0.2, 0.25) is 5.91 Å². The van der Waals surface area contributed by atoms with Crippen molar-refractivity contribution in [3.05, 3.63) is 40.4 Å². The zero-order valence-electron chi connectivity index (χ0n) is 12.4. The Morgan fingerprint density at radius 1 is 1.52 bits per heavy atom. The number of benzene rings is 1. The van der Waals surface area contributed by atoms with Crippen LogP contribution in [-0.2, 0) is 4.79 Å². The van der Waals surface area contributed by atoms with Gasteiger partial charge in [0.25, 0.3) is 0 Å². The predicted octanol–water partition coefficient (Wildman–Crippen LogP) is 3.27. The topological polar surface area (TPSA) is 67.5 Å². The van der Waals surface area contributed by atoms with E-state index in [2.05, 4.69) is 10.3 Å². The van der Waals surface area contributed by atoms with Crippen LogP contribution in [0.1, 0.15) is 25.8 Å². The van der Waals surface area contributed by atoms with E-state index in [4.69, 9.17) is 17.3 Å². The van der Waals surface area contributed by atoms with Crippen LogP contribution in [0.25, 0.3) is 4.91 Å². The van der Waals surface area contributed by atoms with Crippen molar-refractivity contribution in [2.45, 2.75) is 25.6 Å². The molecule has 0 aliphatic carbocycles. The van der Waals surface area contributed by atoms with Gasteiger partial charge in [-0.05, 0) is 25.5 Å². The van der Waals surface area contributed by atoms with E-state index in [0.717, 1.165) is 16.0 Å². The Morgan fingerprint density at radius 2 is 2.19 bits per heavy atom. The van der Waals surface area contributed by atoms with Crippen molar-refractivity contribution < 1.29 is 4.79 Å². The normalized spacial score (nSPS) is 13.9. The molecule has 1 rings (SSSR count). The molecule has 1 amide bonds. The Morgan fingerprint density at radius 3 is 2.76 bits per heavy atom. The molecule has 0 fully saturated rings. The standard InChI is InChI=1S/C15H20ClN3OS/c1-10(8-14(20)18-3)15(21-11(2)19-9-17)12-6-4-5-7-13(12)16/h4-7,9,11H,8H2,1-3H3,(H2,17,19)(H,18,20)/b15-10-. The van der Waals surface area contributed by atoms with Crippen molar-refractivity contribution in [3.63, 3.8) is 0 Å². The van der Waals surface area contributed by atoms with Crippen LogP contribution in [0.3, 0.4) is 0 Å². The second-order valence-electron chi connectivity index (χ2n) is 4.45. The fraction of sp³-hybridized carbons (Fsp3) is 0.333. The van der Waals surface area contributed by atoms with E-state index in [1.165, 1.54) is 18.1 Å². The predicted molar refractivity (Wildman–Crippen MR) is 92.5 cm³/mol. The van der Waals surface area contributed by atoms with Gasteiger partial charge in [0.1, 0.15) is 0 Å². The van der Waals surface area contributed by atoms with Crippen molar-refractivity contribution in [1.82, 2.24) is 5.32 Å². The lowest BCUT2D eigenvalue weighted by Gasteiger charge is -2.15. The van der Waals surface area contributed by atoms with E-state index in [9.17, 15) is 4.79 Å². The van der Waals surface area contributed by atoms with Crippen LogP contribution in [-0.4, -0.2) is 24.7 Å². The van der Waals surface area contributed by atoms with Gasteiger partial charge in [-0.25, -0.2) is 0 Å². The van der Waals surface area contributed by atoms with E-state index in [1.54, 1.807) is 7.05 Å². The van der Waals surface area contributed by atoms with Crippen LogP contribution >= 0.6 is 23.4 Å². The first-order valence-electron chi connectivity index (χ1n) is 6.54. The lowest BCUT2D eigenvalue weighted by molar-refractivity contribution is -0.119. The minimum atomic E-state index is -0.0547. The number of halogens is 1. The van der Waals surface area contributed by atoms with Crippen molar-refractivity contribution in [3.8, 4) is 0 Å². The Balaban J connectivity index is 3.19. The summed E-state index contributed by atoms with van der Waals surface area (Å²) >= 11 is 7.82. The van der Waals surface area contributed by atoms with Crippen molar-refractivity contribution in [1.29, 1.82) is 0 Å². The average molecular weight is 326 g/mol. The van der Waals surface area contributed by atoms with E-state index in [0.29, 0.717) is 11.4 Å². The molecule has 0 spiro atoms. The summed E-state index contributed by atoms with van der Waals surface area (Å²) in [6.07, 6.45) is 1.61. The molecule has 6 heteroatoms. The molecule has 1 unspecified atom stereocenters. The maximum atomic E-state index is 11.6. The quantitative estimate of drug-likeness (QED) is 0.623. The van der Waals surface area contributed by atoms with Gasteiger partial charge in [-0.15, -0.1) is 0 Å². The Labute approximate surface area is 134 Å².